The van der Waals surface area contributed by atoms with Crippen LogP contribution in [0.25, 0.3) is 10.1 Å². The quantitative estimate of drug-likeness (QED) is 0.627. The van der Waals surface area contributed by atoms with E-state index in [-0.39, 0.29) is 24.4 Å². The van der Waals surface area contributed by atoms with Crippen molar-refractivity contribution in [2.45, 2.75) is 33.1 Å². The van der Waals surface area contributed by atoms with Gasteiger partial charge in [-0.3, -0.25) is 4.79 Å². The lowest BCUT2D eigenvalue weighted by Crippen LogP contribution is -2.23. The molecule has 0 aliphatic carbocycles. The summed E-state index contributed by atoms with van der Waals surface area (Å²) in [4.78, 5) is 13.2. The number of thiophene rings is 1. The van der Waals surface area contributed by atoms with Crippen molar-refractivity contribution in [3.8, 4) is 5.75 Å². The number of carbonyl (C=O) groups is 1. The summed E-state index contributed by atoms with van der Waals surface area (Å²) in [5, 5.41) is 3.37. The monoisotopic (exact) mass is 387 g/mol. The molecule has 3 rings (SSSR count). The number of amides is 1. The van der Waals surface area contributed by atoms with Gasteiger partial charge in [-0.05, 0) is 43.7 Å². The Morgan fingerprint density at radius 2 is 2.00 bits per heavy atom. The number of ether oxygens (including phenoxy) is 2. The highest BCUT2D eigenvalue weighted by molar-refractivity contribution is 7.21. The van der Waals surface area contributed by atoms with Gasteiger partial charge in [0.1, 0.15) is 11.6 Å². The van der Waals surface area contributed by atoms with E-state index < -0.39 is 0 Å². The number of rotatable bonds is 7. The van der Waals surface area contributed by atoms with Gasteiger partial charge in [-0.25, -0.2) is 4.39 Å². The minimum absolute atomic E-state index is 0.0832. The van der Waals surface area contributed by atoms with Gasteiger partial charge in [0, 0.05) is 29.3 Å². The first-order chi connectivity index (χ1) is 13.0. The van der Waals surface area contributed by atoms with E-state index in [2.05, 4.69) is 5.32 Å². The minimum atomic E-state index is -0.339. The van der Waals surface area contributed by atoms with E-state index >= 15 is 0 Å². The van der Waals surface area contributed by atoms with Crippen LogP contribution < -0.4 is 10.1 Å². The molecule has 1 heterocycles. The van der Waals surface area contributed by atoms with Crippen LogP contribution >= 0.6 is 11.3 Å². The van der Waals surface area contributed by atoms with E-state index in [0.29, 0.717) is 22.4 Å². The summed E-state index contributed by atoms with van der Waals surface area (Å²) in [5.41, 5.74) is 1.52. The highest BCUT2D eigenvalue weighted by atomic mass is 32.1. The number of benzene rings is 2. The molecule has 142 valence electrons. The predicted octanol–water partition coefficient (Wildman–Crippen LogP) is 4.90. The fourth-order valence-electron chi connectivity index (χ4n) is 2.90. The lowest BCUT2D eigenvalue weighted by atomic mass is 10.1. The van der Waals surface area contributed by atoms with Crippen LogP contribution in [0.5, 0.6) is 5.75 Å². The molecule has 27 heavy (non-hydrogen) atoms. The molecule has 0 saturated carbocycles. The van der Waals surface area contributed by atoms with E-state index in [1.54, 1.807) is 6.07 Å². The summed E-state index contributed by atoms with van der Waals surface area (Å²) in [5.74, 6) is 0.187. The third-order valence-electron chi connectivity index (χ3n) is 3.98. The molecule has 0 saturated heterocycles. The number of hydrogen-bond donors (Lipinski definition) is 1. The molecule has 2 aromatic carbocycles. The molecule has 4 nitrogen and oxygen atoms in total. The molecule has 0 fully saturated rings. The van der Waals surface area contributed by atoms with E-state index in [4.69, 9.17) is 9.47 Å². The maximum Gasteiger partial charge on any atom is 0.262 e. The first-order valence-corrected chi connectivity index (χ1v) is 9.54. The molecule has 1 amide bonds. The van der Waals surface area contributed by atoms with Gasteiger partial charge in [-0.15, -0.1) is 11.3 Å². The second-order valence-corrected chi connectivity index (χ2v) is 7.50. The maximum absolute atomic E-state index is 14.3. The van der Waals surface area contributed by atoms with Gasteiger partial charge in [0.25, 0.3) is 5.91 Å². The summed E-state index contributed by atoms with van der Waals surface area (Å²) in [7, 11) is 1.53. The molecule has 1 N–H and O–H groups in total. The Hall–Kier alpha value is -2.44. The Balaban J connectivity index is 1.80. The largest absolute Gasteiger partial charge is 0.491 e. The van der Waals surface area contributed by atoms with Crippen molar-refractivity contribution >= 4 is 27.3 Å². The van der Waals surface area contributed by atoms with Gasteiger partial charge in [-0.1, -0.05) is 18.2 Å². The number of carbonyl (C=O) groups excluding carboxylic acids is 1. The third-order valence-corrected chi connectivity index (χ3v) is 5.18. The van der Waals surface area contributed by atoms with Gasteiger partial charge in [-0.2, -0.15) is 0 Å². The molecule has 0 bridgehead atoms. The van der Waals surface area contributed by atoms with Gasteiger partial charge in [0.15, 0.2) is 0 Å². The van der Waals surface area contributed by atoms with E-state index in [0.717, 1.165) is 16.0 Å². The fourth-order valence-corrected chi connectivity index (χ4v) is 4.03. The van der Waals surface area contributed by atoms with Crippen molar-refractivity contribution < 1.29 is 18.7 Å². The van der Waals surface area contributed by atoms with Crippen LogP contribution in [0, 0.1) is 5.82 Å². The van der Waals surface area contributed by atoms with Crippen LogP contribution in [0.15, 0.2) is 42.5 Å². The van der Waals surface area contributed by atoms with Crippen molar-refractivity contribution in [1.82, 2.24) is 5.32 Å². The van der Waals surface area contributed by atoms with Crippen molar-refractivity contribution in [2.24, 2.45) is 0 Å². The van der Waals surface area contributed by atoms with Crippen LogP contribution in [-0.4, -0.2) is 19.1 Å². The van der Waals surface area contributed by atoms with Crippen LogP contribution in [0.2, 0.25) is 0 Å². The molecule has 0 aliphatic heterocycles. The molecule has 1 aromatic heterocycles. The number of hydrogen-bond acceptors (Lipinski definition) is 4. The van der Waals surface area contributed by atoms with Gasteiger partial charge < -0.3 is 14.8 Å². The van der Waals surface area contributed by atoms with Crippen molar-refractivity contribution in [2.75, 3.05) is 7.11 Å². The Morgan fingerprint density at radius 1 is 1.22 bits per heavy atom. The second kappa shape index (κ2) is 8.50. The highest BCUT2D eigenvalue weighted by Gasteiger charge is 2.20. The van der Waals surface area contributed by atoms with E-state index in [1.807, 2.05) is 44.2 Å². The lowest BCUT2D eigenvalue weighted by Gasteiger charge is -2.11. The zero-order valence-corrected chi connectivity index (χ0v) is 16.4. The molecule has 3 aromatic rings. The normalized spacial score (nSPS) is 11.1. The third kappa shape index (κ3) is 4.46. The second-order valence-electron chi connectivity index (χ2n) is 6.45. The van der Waals surface area contributed by atoms with Crippen LogP contribution in [0.1, 0.15) is 34.6 Å². The van der Waals surface area contributed by atoms with Crippen LogP contribution in [-0.2, 0) is 17.9 Å². The molecule has 6 heteroatoms. The fraction of sp³-hybridized carbons (Fsp3) is 0.286. The Morgan fingerprint density at radius 3 is 2.74 bits per heavy atom. The molecule has 0 aliphatic rings. The summed E-state index contributed by atoms with van der Waals surface area (Å²) >= 11 is 1.28. The van der Waals surface area contributed by atoms with Gasteiger partial charge >= 0.3 is 0 Å². The van der Waals surface area contributed by atoms with Gasteiger partial charge in [0.2, 0.25) is 0 Å². The Bertz CT molecular complexity index is 952. The molecular weight excluding hydrogens is 365 g/mol. The Kier molecular flexibility index (Phi) is 6.08. The van der Waals surface area contributed by atoms with E-state index in [9.17, 15) is 9.18 Å². The summed E-state index contributed by atoms with van der Waals surface area (Å²) in [6.07, 6.45) is 0.0832. The van der Waals surface area contributed by atoms with E-state index in [1.165, 1.54) is 24.5 Å². The standard InChI is InChI=1S/C21H22FNO3S/c1-13(2)26-15-7-4-6-14(10-15)11-23-21(24)20-16(12-25-3)19-17(22)8-5-9-18(19)27-20/h4-10,13H,11-12H2,1-3H3,(H,23,24). The molecule has 0 spiro atoms. The molecule has 0 atom stereocenters. The average Bonchev–Trinajstić information content (AvgIpc) is 3.00. The highest BCUT2D eigenvalue weighted by Crippen LogP contribution is 2.33. The molecule has 0 radical (unpaired) electrons. The predicted molar refractivity (Wildman–Crippen MR) is 106 cm³/mol. The summed E-state index contributed by atoms with van der Waals surface area (Å²) < 4.78 is 25.9. The lowest BCUT2D eigenvalue weighted by molar-refractivity contribution is 0.0950. The van der Waals surface area contributed by atoms with Crippen molar-refractivity contribution in [3.63, 3.8) is 0 Å². The Labute approximate surface area is 161 Å². The number of fused-ring (bicyclic) bond motifs is 1. The topological polar surface area (TPSA) is 47.6 Å². The SMILES string of the molecule is COCc1c(C(=O)NCc2cccc(OC(C)C)c2)sc2cccc(F)c12. The summed E-state index contributed by atoms with van der Waals surface area (Å²) in [6.45, 7) is 4.47. The number of halogens is 1. The minimum Gasteiger partial charge on any atom is -0.491 e. The average molecular weight is 387 g/mol. The zero-order chi connectivity index (χ0) is 19.4. The molecule has 0 unspecified atom stereocenters. The first kappa shape index (κ1) is 19.3. The van der Waals surface area contributed by atoms with Crippen LogP contribution in [0.4, 0.5) is 4.39 Å². The smallest absolute Gasteiger partial charge is 0.262 e. The maximum atomic E-state index is 14.3. The zero-order valence-electron chi connectivity index (χ0n) is 15.5. The van der Waals surface area contributed by atoms with Crippen molar-refractivity contribution in [3.05, 3.63) is 64.3 Å². The van der Waals surface area contributed by atoms with Gasteiger partial charge in [0.05, 0.1) is 17.6 Å². The molecular formula is C21H22FNO3S. The summed E-state index contributed by atoms with van der Waals surface area (Å²) in [6, 6.07) is 12.5. The van der Waals surface area contributed by atoms with Crippen LogP contribution in [0.3, 0.4) is 0 Å². The first-order valence-electron chi connectivity index (χ1n) is 8.72. The number of methoxy groups -OCH3 is 1. The van der Waals surface area contributed by atoms with Crippen molar-refractivity contribution in [1.29, 1.82) is 0 Å². The number of nitrogens with one attached hydrogen (secondary N) is 1.